The first kappa shape index (κ1) is 20.5. The van der Waals surface area contributed by atoms with Crippen LogP contribution >= 0.6 is 0 Å². The van der Waals surface area contributed by atoms with Gasteiger partial charge in [0.1, 0.15) is 5.82 Å². The molecule has 1 aliphatic rings. The predicted octanol–water partition coefficient (Wildman–Crippen LogP) is 4.22. The van der Waals surface area contributed by atoms with Crippen LogP contribution in [0, 0.1) is 11.7 Å². The van der Waals surface area contributed by atoms with Gasteiger partial charge in [0.15, 0.2) is 0 Å². The maximum atomic E-state index is 14.1. The highest BCUT2D eigenvalue weighted by Gasteiger charge is 2.22. The second-order valence-electron chi connectivity index (χ2n) is 7.25. The summed E-state index contributed by atoms with van der Waals surface area (Å²) in [7, 11) is 0. The molecule has 29 heavy (non-hydrogen) atoms. The minimum atomic E-state index is -1.07. The number of amides is 2. The van der Waals surface area contributed by atoms with Gasteiger partial charge in [-0.15, -0.1) is 0 Å². The minimum Gasteiger partial charge on any atom is -0.478 e. The van der Waals surface area contributed by atoms with Crippen LogP contribution in [-0.2, 0) is 16.0 Å². The van der Waals surface area contributed by atoms with E-state index in [1.54, 1.807) is 12.1 Å². The van der Waals surface area contributed by atoms with Gasteiger partial charge in [-0.2, -0.15) is 0 Å². The zero-order chi connectivity index (χ0) is 20.8. The summed E-state index contributed by atoms with van der Waals surface area (Å²) in [6.45, 7) is 0. The third-order valence-electron chi connectivity index (χ3n) is 5.02. The third-order valence-corrected chi connectivity index (χ3v) is 5.02. The second-order valence-corrected chi connectivity index (χ2v) is 7.25. The van der Waals surface area contributed by atoms with Crippen LogP contribution in [0.25, 0.3) is 0 Å². The second kappa shape index (κ2) is 9.32. The van der Waals surface area contributed by atoms with Gasteiger partial charge in [0.25, 0.3) is 0 Å². The van der Waals surface area contributed by atoms with Crippen molar-refractivity contribution in [1.82, 2.24) is 0 Å². The molecule has 0 spiro atoms. The number of nitrogens with one attached hydrogen (secondary N) is 2. The van der Waals surface area contributed by atoms with Crippen molar-refractivity contribution < 1.29 is 23.9 Å². The molecule has 0 unspecified atom stereocenters. The van der Waals surface area contributed by atoms with Crippen molar-refractivity contribution in [2.75, 3.05) is 10.6 Å². The summed E-state index contributed by atoms with van der Waals surface area (Å²) in [4.78, 5) is 35.7. The van der Waals surface area contributed by atoms with Crippen molar-refractivity contribution >= 4 is 29.2 Å². The third kappa shape index (κ3) is 5.63. The number of aromatic carboxylic acids is 1. The first-order valence-corrected chi connectivity index (χ1v) is 9.65. The van der Waals surface area contributed by atoms with Crippen molar-refractivity contribution in [3.63, 3.8) is 0 Å². The molecule has 3 N–H and O–H groups in total. The number of benzene rings is 2. The largest absolute Gasteiger partial charge is 0.478 e. The Labute approximate surface area is 168 Å². The molecule has 7 heteroatoms. The first-order chi connectivity index (χ1) is 13.9. The molecule has 1 aliphatic carbocycles. The van der Waals surface area contributed by atoms with E-state index < -0.39 is 11.8 Å². The molecule has 2 amide bonds. The summed E-state index contributed by atoms with van der Waals surface area (Å²) < 4.78 is 14.1. The molecular formula is C22H23FN2O4. The van der Waals surface area contributed by atoms with E-state index in [4.69, 9.17) is 5.11 Å². The van der Waals surface area contributed by atoms with Crippen molar-refractivity contribution in [1.29, 1.82) is 0 Å². The monoisotopic (exact) mass is 398 g/mol. The Hall–Kier alpha value is -3.22. The summed E-state index contributed by atoms with van der Waals surface area (Å²) in [5.74, 6) is -2.31. The van der Waals surface area contributed by atoms with E-state index in [1.807, 2.05) is 0 Å². The van der Waals surface area contributed by atoms with E-state index in [1.165, 1.54) is 30.3 Å². The number of anilines is 2. The summed E-state index contributed by atoms with van der Waals surface area (Å²) in [5, 5.41) is 14.3. The molecule has 6 nitrogen and oxygen atoms in total. The lowest BCUT2D eigenvalue weighted by Crippen LogP contribution is -2.25. The van der Waals surface area contributed by atoms with Gasteiger partial charge in [-0.05, 0) is 48.7 Å². The maximum Gasteiger partial charge on any atom is 0.335 e. The Morgan fingerprint density at radius 3 is 2.48 bits per heavy atom. The molecule has 2 aromatic carbocycles. The first-order valence-electron chi connectivity index (χ1n) is 9.65. The molecule has 0 heterocycles. The van der Waals surface area contributed by atoms with Crippen LogP contribution in [0.15, 0.2) is 42.5 Å². The molecule has 3 rings (SSSR count). The van der Waals surface area contributed by atoms with Crippen LogP contribution < -0.4 is 10.6 Å². The average Bonchev–Trinajstić information content (AvgIpc) is 2.71. The maximum absolute atomic E-state index is 14.1. The Morgan fingerprint density at radius 2 is 1.76 bits per heavy atom. The summed E-state index contributed by atoms with van der Waals surface area (Å²) in [5.41, 5.74) is 1.04. The number of hydrogen-bond acceptors (Lipinski definition) is 3. The van der Waals surface area contributed by atoms with E-state index in [0.29, 0.717) is 11.3 Å². The van der Waals surface area contributed by atoms with E-state index >= 15 is 0 Å². The average molecular weight is 398 g/mol. The zero-order valence-corrected chi connectivity index (χ0v) is 15.9. The molecular weight excluding hydrogens is 375 g/mol. The van der Waals surface area contributed by atoms with Gasteiger partial charge in [0.2, 0.25) is 11.8 Å². The molecule has 0 saturated heterocycles. The number of hydrogen-bond donors (Lipinski definition) is 3. The minimum absolute atomic E-state index is 0.0255. The Kier molecular flexibility index (Phi) is 6.59. The van der Waals surface area contributed by atoms with Crippen LogP contribution in [0.1, 0.15) is 48.0 Å². The van der Waals surface area contributed by atoms with Gasteiger partial charge in [-0.3, -0.25) is 9.59 Å². The fourth-order valence-corrected chi connectivity index (χ4v) is 3.50. The highest BCUT2D eigenvalue weighted by atomic mass is 19.1. The fraction of sp³-hybridized carbons (Fsp3) is 0.318. The predicted molar refractivity (Wildman–Crippen MR) is 107 cm³/mol. The molecule has 2 aromatic rings. The van der Waals surface area contributed by atoms with Gasteiger partial charge >= 0.3 is 5.97 Å². The topological polar surface area (TPSA) is 95.5 Å². The van der Waals surface area contributed by atoms with Crippen LogP contribution in [0.3, 0.4) is 0 Å². The van der Waals surface area contributed by atoms with E-state index in [0.717, 1.165) is 32.1 Å². The molecule has 0 atom stereocenters. The fourth-order valence-electron chi connectivity index (χ4n) is 3.50. The lowest BCUT2D eigenvalue weighted by Gasteiger charge is -2.21. The van der Waals surface area contributed by atoms with Crippen molar-refractivity contribution in [3.8, 4) is 0 Å². The normalized spacial score (nSPS) is 14.2. The Balaban J connectivity index is 1.64. The number of carboxylic acids is 1. The molecule has 0 aliphatic heterocycles. The van der Waals surface area contributed by atoms with Crippen LogP contribution in [0.4, 0.5) is 15.8 Å². The Bertz CT molecular complexity index is 923. The number of rotatable bonds is 6. The quantitative estimate of drug-likeness (QED) is 0.679. The lowest BCUT2D eigenvalue weighted by molar-refractivity contribution is -0.120. The summed E-state index contributed by atoms with van der Waals surface area (Å²) >= 11 is 0. The van der Waals surface area contributed by atoms with Gasteiger partial charge in [0.05, 0.1) is 17.7 Å². The van der Waals surface area contributed by atoms with Crippen LogP contribution in [-0.4, -0.2) is 22.9 Å². The van der Waals surface area contributed by atoms with Gasteiger partial charge in [-0.1, -0.05) is 31.4 Å². The lowest BCUT2D eigenvalue weighted by atomic mass is 9.88. The summed E-state index contributed by atoms with van der Waals surface area (Å²) in [6, 6.07) is 10.1. The molecule has 0 bridgehead atoms. The van der Waals surface area contributed by atoms with Gasteiger partial charge in [0, 0.05) is 11.6 Å². The molecule has 0 radical (unpaired) electrons. The number of carbonyl (C=O) groups is 3. The number of carboxylic acid groups (broad SMARTS) is 1. The van der Waals surface area contributed by atoms with Crippen LogP contribution in [0.2, 0.25) is 0 Å². The zero-order valence-electron chi connectivity index (χ0n) is 15.9. The van der Waals surface area contributed by atoms with E-state index in [2.05, 4.69) is 10.6 Å². The SMILES string of the molecule is O=C(Cc1cccc(C(=O)O)c1)Nc1ccc(F)c(NC(=O)C2CCCCC2)c1. The molecule has 152 valence electrons. The summed E-state index contributed by atoms with van der Waals surface area (Å²) in [6.07, 6.45) is 4.70. The van der Waals surface area contributed by atoms with Gasteiger partial charge < -0.3 is 15.7 Å². The standard InChI is InChI=1S/C22H23FN2O4/c23-18-10-9-17(13-19(18)25-21(27)15-6-2-1-3-7-15)24-20(26)12-14-5-4-8-16(11-14)22(28)29/h4-5,8-11,13,15H,1-3,6-7,12H2,(H,24,26)(H,25,27)(H,28,29). The van der Waals surface area contributed by atoms with E-state index in [9.17, 15) is 18.8 Å². The molecule has 1 saturated carbocycles. The highest BCUT2D eigenvalue weighted by Crippen LogP contribution is 2.26. The van der Waals surface area contributed by atoms with Crippen molar-refractivity contribution in [2.24, 2.45) is 5.92 Å². The highest BCUT2D eigenvalue weighted by molar-refractivity contribution is 5.96. The van der Waals surface area contributed by atoms with Crippen molar-refractivity contribution in [2.45, 2.75) is 38.5 Å². The van der Waals surface area contributed by atoms with Crippen LogP contribution in [0.5, 0.6) is 0 Å². The molecule has 1 fully saturated rings. The van der Waals surface area contributed by atoms with Gasteiger partial charge in [-0.25, -0.2) is 9.18 Å². The number of halogens is 1. The van der Waals surface area contributed by atoms with E-state index in [-0.39, 0.29) is 35.4 Å². The molecule has 0 aromatic heterocycles. The Morgan fingerprint density at radius 1 is 1.00 bits per heavy atom. The number of carbonyl (C=O) groups excluding carboxylic acids is 2. The van der Waals surface area contributed by atoms with Crippen molar-refractivity contribution in [3.05, 3.63) is 59.4 Å². The smallest absolute Gasteiger partial charge is 0.335 e.